The average molecular weight is 459 g/mol. The van der Waals surface area contributed by atoms with Gasteiger partial charge in [0.05, 0.1) is 13.2 Å². The van der Waals surface area contributed by atoms with Crippen molar-refractivity contribution in [3.63, 3.8) is 0 Å². The van der Waals surface area contributed by atoms with Crippen LogP contribution >= 0.6 is 0 Å². The standard InChI is InChI=1S/C25H34O6Si/c1-32(2,3)15-14-27-25-21(26)23(28-16-18-10-6-4-7-11-18)22-20(30-25)17-29-24(31-22)19-12-8-5-9-13-19/h4-13,20-26H,14-17H2,1-3H3/t20-,21-,22+,23-,24?,25-/m1/s1. The Kier molecular flexibility index (Phi) is 7.78. The maximum Gasteiger partial charge on any atom is 0.186 e. The first-order valence-corrected chi connectivity index (χ1v) is 15.0. The minimum atomic E-state index is -1.26. The van der Waals surface area contributed by atoms with Crippen LogP contribution in [0, 0.1) is 0 Å². The lowest BCUT2D eigenvalue weighted by Gasteiger charge is -2.47. The van der Waals surface area contributed by atoms with Gasteiger partial charge >= 0.3 is 0 Å². The number of rotatable bonds is 8. The van der Waals surface area contributed by atoms with Gasteiger partial charge in [-0.25, -0.2) is 0 Å². The van der Waals surface area contributed by atoms with Crippen LogP contribution in [0.5, 0.6) is 0 Å². The molecule has 1 N–H and O–H groups in total. The molecule has 0 aliphatic carbocycles. The second-order valence-electron chi connectivity index (χ2n) is 9.65. The summed E-state index contributed by atoms with van der Waals surface area (Å²) in [5.41, 5.74) is 1.96. The zero-order valence-corrected chi connectivity index (χ0v) is 20.1. The normalized spacial score (nSPS) is 30.6. The van der Waals surface area contributed by atoms with Gasteiger partial charge in [0.15, 0.2) is 12.6 Å². The summed E-state index contributed by atoms with van der Waals surface area (Å²) in [5.74, 6) is 0. The first-order valence-electron chi connectivity index (χ1n) is 11.3. The van der Waals surface area contributed by atoms with E-state index in [-0.39, 0.29) is 6.10 Å². The number of aliphatic hydroxyl groups excluding tert-OH is 1. The Morgan fingerprint density at radius 1 is 0.938 bits per heavy atom. The van der Waals surface area contributed by atoms with E-state index in [1.165, 1.54) is 0 Å². The summed E-state index contributed by atoms with van der Waals surface area (Å²) in [6.45, 7) is 8.15. The van der Waals surface area contributed by atoms with Crippen LogP contribution in [0.3, 0.4) is 0 Å². The van der Waals surface area contributed by atoms with Crippen molar-refractivity contribution >= 4 is 8.07 Å². The number of benzene rings is 2. The molecule has 2 fully saturated rings. The molecule has 0 radical (unpaired) electrons. The van der Waals surface area contributed by atoms with Gasteiger partial charge in [0.25, 0.3) is 0 Å². The summed E-state index contributed by atoms with van der Waals surface area (Å²) in [6.07, 6.45) is -3.70. The smallest absolute Gasteiger partial charge is 0.186 e. The van der Waals surface area contributed by atoms with Crippen molar-refractivity contribution in [2.75, 3.05) is 13.2 Å². The Morgan fingerprint density at radius 3 is 2.31 bits per heavy atom. The van der Waals surface area contributed by atoms with Crippen molar-refractivity contribution in [1.82, 2.24) is 0 Å². The number of hydrogen-bond donors (Lipinski definition) is 1. The summed E-state index contributed by atoms with van der Waals surface area (Å²) in [4.78, 5) is 0. The lowest BCUT2D eigenvalue weighted by Crippen LogP contribution is -2.63. The average Bonchev–Trinajstić information content (AvgIpc) is 2.79. The van der Waals surface area contributed by atoms with Gasteiger partial charge in [-0.2, -0.15) is 0 Å². The minimum absolute atomic E-state index is 0.343. The molecule has 0 saturated carbocycles. The molecule has 6 nitrogen and oxygen atoms in total. The fraction of sp³-hybridized carbons (Fsp3) is 0.520. The molecule has 2 aliphatic heterocycles. The number of hydrogen-bond acceptors (Lipinski definition) is 6. The van der Waals surface area contributed by atoms with E-state index in [0.29, 0.717) is 19.8 Å². The van der Waals surface area contributed by atoms with Gasteiger partial charge in [-0.15, -0.1) is 0 Å². The lowest BCUT2D eigenvalue weighted by molar-refractivity contribution is -0.366. The van der Waals surface area contributed by atoms with Crippen LogP contribution in [-0.4, -0.2) is 57.1 Å². The van der Waals surface area contributed by atoms with Crippen molar-refractivity contribution in [1.29, 1.82) is 0 Å². The molecular weight excluding hydrogens is 424 g/mol. The molecule has 174 valence electrons. The lowest BCUT2D eigenvalue weighted by atomic mass is 9.97. The summed E-state index contributed by atoms with van der Waals surface area (Å²) in [7, 11) is -1.26. The van der Waals surface area contributed by atoms with E-state index < -0.39 is 39.0 Å². The summed E-state index contributed by atoms with van der Waals surface area (Å²) >= 11 is 0. The molecular formula is C25H34O6Si. The largest absolute Gasteiger partial charge is 0.385 e. The SMILES string of the molecule is C[Si](C)(C)CCO[C@@H]1O[C@@H]2COC(c3ccccc3)O[C@@H]2[C@H](OCc2ccccc2)[C@H]1O. The molecule has 0 aromatic heterocycles. The van der Waals surface area contributed by atoms with Gasteiger partial charge in [-0.3, -0.25) is 0 Å². The Bertz CT molecular complexity index is 827. The highest BCUT2D eigenvalue weighted by atomic mass is 28.3. The molecule has 1 unspecified atom stereocenters. The van der Waals surface area contributed by atoms with Gasteiger partial charge in [-0.1, -0.05) is 80.3 Å². The van der Waals surface area contributed by atoms with Crippen LogP contribution in [-0.2, 0) is 30.3 Å². The van der Waals surface area contributed by atoms with Crippen molar-refractivity contribution in [3.8, 4) is 0 Å². The molecule has 2 saturated heterocycles. The Hall–Kier alpha value is -1.58. The highest BCUT2D eigenvalue weighted by molar-refractivity contribution is 6.76. The van der Waals surface area contributed by atoms with Crippen molar-refractivity contribution in [2.24, 2.45) is 0 Å². The maximum atomic E-state index is 11.1. The number of fused-ring (bicyclic) bond motifs is 1. The maximum absolute atomic E-state index is 11.1. The zero-order chi connectivity index (χ0) is 22.6. The second kappa shape index (κ2) is 10.6. The molecule has 2 aliphatic rings. The van der Waals surface area contributed by atoms with E-state index in [4.69, 9.17) is 23.7 Å². The summed E-state index contributed by atoms with van der Waals surface area (Å²) < 4.78 is 30.5. The Labute approximate surface area is 191 Å². The van der Waals surface area contributed by atoms with Crippen LogP contribution in [0.2, 0.25) is 25.7 Å². The summed E-state index contributed by atoms with van der Waals surface area (Å²) in [6, 6.07) is 20.7. The zero-order valence-electron chi connectivity index (χ0n) is 19.1. The first-order chi connectivity index (χ1) is 15.4. The Morgan fingerprint density at radius 2 is 1.62 bits per heavy atom. The van der Waals surface area contributed by atoms with E-state index in [9.17, 15) is 5.11 Å². The second-order valence-corrected chi connectivity index (χ2v) is 15.3. The van der Waals surface area contributed by atoms with Crippen molar-refractivity contribution in [2.45, 2.75) is 69.3 Å². The van der Waals surface area contributed by atoms with Gasteiger partial charge in [0.1, 0.15) is 24.4 Å². The highest BCUT2D eigenvalue weighted by Crippen LogP contribution is 2.36. The quantitative estimate of drug-likeness (QED) is 0.600. The van der Waals surface area contributed by atoms with Crippen LogP contribution in [0.4, 0.5) is 0 Å². The summed E-state index contributed by atoms with van der Waals surface area (Å²) in [5, 5.41) is 11.1. The van der Waals surface area contributed by atoms with Crippen LogP contribution in [0.25, 0.3) is 0 Å². The molecule has 4 rings (SSSR count). The number of ether oxygens (including phenoxy) is 5. The molecule has 2 aromatic rings. The topological polar surface area (TPSA) is 66.4 Å². The van der Waals surface area contributed by atoms with Crippen molar-refractivity contribution < 1.29 is 28.8 Å². The van der Waals surface area contributed by atoms with E-state index in [2.05, 4.69) is 19.6 Å². The molecule has 0 amide bonds. The van der Waals surface area contributed by atoms with E-state index in [1.807, 2.05) is 60.7 Å². The molecule has 0 bridgehead atoms. The van der Waals surface area contributed by atoms with Crippen molar-refractivity contribution in [3.05, 3.63) is 71.8 Å². The van der Waals surface area contributed by atoms with Crippen LogP contribution in [0.15, 0.2) is 60.7 Å². The van der Waals surface area contributed by atoms with Gasteiger partial charge in [-0.05, 0) is 11.6 Å². The monoisotopic (exact) mass is 458 g/mol. The Balaban J connectivity index is 1.48. The fourth-order valence-electron chi connectivity index (χ4n) is 3.92. The van der Waals surface area contributed by atoms with Gasteiger partial charge in [0, 0.05) is 20.2 Å². The van der Waals surface area contributed by atoms with E-state index in [1.54, 1.807) is 0 Å². The van der Waals surface area contributed by atoms with E-state index in [0.717, 1.165) is 17.2 Å². The third-order valence-corrected chi connectivity index (χ3v) is 7.50. The third kappa shape index (κ3) is 6.05. The predicted octanol–water partition coefficient (Wildman–Crippen LogP) is 4.13. The van der Waals surface area contributed by atoms with E-state index >= 15 is 0 Å². The molecule has 2 heterocycles. The minimum Gasteiger partial charge on any atom is -0.385 e. The van der Waals surface area contributed by atoms with Crippen LogP contribution < -0.4 is 0 Å². The first kappa shape index (κ1) is 23.6. The van der Waals surface area contributed by atoms with Gasteiger partial charge < -0.3 is 28.8 Å². The van der Waals surface area contributed by atoms with Gasteiger partial charge in [0.2, 0.25) is 0 Å². The molecule has 6 atom stereocenters. The third-order valence-electron chi connectivity index (χ3n) is 5.80. The predicted molar refractivity (Wildman–Crippen MR) is 124 cm³/mol. The fourth-order valence-corrected chi connectivity index (χ4v) is 4.65. The van der Waals surface area contributed by atoms with Crippen LogP contribution in [0.1, 0.15) is 17.4 Å². The molecule has 0 spiro atoms. The molecule has 32 heavy (non-hydrogen) atoms. The highest BCUT2D eigenvalue weighted by Gasteiger charge is 2.50. The molecule has 2 aromatic carbocycles. The number of aliphatic hydroxyl groups is 1. The molecule has 7 heteroatoms.